The van der Waals surface area contributed by atoms with Gasteiger partial charge in [0, 0.05) is 17.2 Å². The fourth-order valence-corrected chi connectivity index (χ4v) is 3.03. The molecule has 2 rings (SSSR count). The van der Waals surface area contributed by atoms with Crippen molar-refractivity contribution in [3.05, 3.63) is 23.8 Å². The number of hydrogen-bond donors (Lipinski definition) is 1. The van der Waals surface area contributed by atoms with Crippen LogP contribution in [0, 0.1) is 6.92 Å². The molecule has 1 amide bonds. The van der Waals surface area contributed by atoms with Crippen LogP contribution in [0.1, 0.15) is 5.56 Å². The van der Waals surface area contributed by atoms with Crippen LogP contribution in [-0.4, -0.2) is 31.8 Å². The van der Waals surface area contributed by atoms with Crippen LogP contribution in [0.25, 0.3) is 0 Å². The third-order valence-corrected chi connectivity index (χ3v) is 3.70. The Kier molecular flexibility index (Phi) is 3.51. The van der Waals surface area contributed by atoms with Gasteiger partial charge in [-0.1, -0.05) is 12.1 Å². The second kappa shape index (κ2) is 4.89. The van der Waals surface area contributed by atoms with Crippen LogP contribution in [0.4, 0.5) is 5.69 Å². The summed E-state index contributed by atoms with van der Waals surface area (Å²) in [6.45, 7) is 3.27. The highest BCUT2D eigenvalue weighted by atomic mass is 32.2. The van der Waals surface area contributed by atoms with Crippen molar-refractivity contribution >= 4 is 23.4 Å². The van der Waals surface area contributed by atoms with Gasteiger partial charge < -0.3 is 10.2 Å². The van der Waals surface area contributed by atoms with Gasteiger partial charge in [0.25, 0.3) is 0 Å². The van der Waals surface area contributed by atoms with E-state index in [1.165, 1.54) is 10.5 Å². The normalized spacial score (nSPS) is 14.8. The number of fused-ring (bicyclic) bond motifs is 1. The number of benzene rings is 1. The number of carbonyl (C=O) groups excluding carboxylic acids is 1. The van der Waals surface area contributed by atoms with E-state index in [1.54, 1.807) is 7.05 Å². The molecule has 3 nitrogen and oxygen atoms in total. The summed E-state index contributed by atoms with van der Waals surface area (Å²) in [5, 5.41) is 2.92. The molecule has 0 aromatic heterocycles. The smallest absolute Gasteiger partial charge is 0.240 e. The molecule has 1 aliphatic heterocycles. The van der Waals surface area contributed by atoms with Crippen molar-refractivity contribution < 1.29 is 4.79 Å². The Morgan fingerprint density at radius 3 is 3.12 bits per heavy atom. The Morgan fingerprint density at radius 2 is 2.38 bits per heavy atom. The minimum Gasteiger partial charge on any atom is -0.311 e. The van der Waals surface area contributed by atoms with Crippen LogP contribution >= 0.6 is 11.8 Å². The van der Waals surface area contributed by atoms with E-state index in [0.29, 0.717) is 6.54 Å². The molecule has 0 atom stereocenters. The molecule has 1 aromatic carbocycles. The zero-order valence-electron chi connectivity index (χ0n) is 9.62. The number of nitrogens with zero attached hydrogens (tertiary/aromatic N) is 1. The summed E-state index contributed by atoms with van der Waals surface area (Å²) in [5.41, 5.74) is 2.27. The van der Waals surface area contributed by atoms with Crippen LogP contribution in [0.2, 0.25) is 0 Å². The molecule has 16 heavy (non-hydrogen) atoms. The van der Waals surface area contributed by atoms with E-state index in [-0.39, 0.29) is 5.91 Å². The van der Waals surface area contributed by atoms with Crippen molar-refractivity contribution in [1.82, 2.24) is 5.32 Å². The zero-order chi connectivity index (χ0) is 11.5. The Labute approximate surface area is 100 Å². The Hall–Kier alpha value is -1.00. The first-order valence-electron chi connectivity index (χ1n) is 5.41. The fraction of sp³-hybridized carbons (Fsp3) is 0.417. The van der Waals surface area contributed by atoms with Gasteiger partial charge in [0.2, 0.25) is 5.91 Å². The first-order valence-corrected chi connectivity index (χ1v) is 6.40. The number of thioether (sulfide) groups is 1. The van der Waals surface area contributed by atoms with E-state index in [2.05, 4.69) is 24.4 Å². The van der Waals surface area contributed by atoms with Gasteiger partial charge in [-0.15, -0.1) is 11.8 Å². The summed E-state index contributed by atoms with van der Waals surface area (Å²) in [5.74, 6) is 1.13. The van der Waals surface area contributed by atoms with Crippen molar-refractivity contribution in [3.63, 3.8) is 0 Å². The van der Waals surface area contributed by atoms with E-state index < -0.39 is 0 Å². The summed E-state index contributed by atoms with van der Waals surface area (Å²) >= 11 is 1.83. The molecule has 0 saturated heterocycles. The third-order valence-electron chi connectivity index (χ3n) is 2.67. The number of likely N-dealkylation sites (N-methyl/N-ethyl adjacent to an activating group) is 1. The maximum absolute atomic E-state index is 12.0. The standard InChI is InChI=1S/C12H16N2OS/c1-9-4-3-5-10-12(9)14(6-7-16-10)11(15)8-13-2/h3-5,13H,6-8H2,1-2H3. The summed E-state index contributed by atoms with van der Waals surface area (Å²) in [7, 11) is 1.80. The molecule has 86 valence electrons. The fourth-order valence-electron chi connectivity index (χ4n) is 1.95. The lowest BCUT2D eigenvalue weighted by molar-refractivity contribution is -0.117. The maximum atomic E-state index is 12.0. The molecule has 0 aliphatic carbocycles. The van der Waals surface area contributed by atoms with Gasteiger partial charge in [-0.05, 0) is 25.6 Å². The van der Waals surface area contributed by atoms with E-state index in [0.717, 1.165) is 18.0 Å². The average Bonchev–Trinajstić information content (AvgIpc) is 2.29. The van der Waals surface area contributed by atoms with Gasteiger partial charge in [0.05, 0.1) is 12.2 Å². The van der Waals surface area contributed by atoms with E-state index in [9.17, 15) is 4.79 Å². The molecule has 1 aromatic rings. The number of aryl methyl sites for hydroxylation is 1. The molecule has 1 aliphatic rings. The second-order valence-electron chi connectivity index (χ2n) is 3.85. The predicted octanol–water partition coefficient (Wildman–Crippen LogP) is 1.65. The lowest BCUT2D eigenvalue weighted by atomic mass is 10.1. The van der Waals surface area contributed by atoms with Gasteiger partial charge >= 0.3 is 0 Å². The largest absolute Gasteiger partial charge is 0.311 e. The van der Waals surface area contributed by atoms with Crippen LogP contribution in [-0.2, 0) is 4.79 Å². The second-order valence-corrected chi connectivity index (χ2v) is 4.98. The maximum Gasteiger partial charge on any atom is 0.240 e. The monoisotopic (exact) mass is 236 g/mol. The minimum absolute atomic E-state index is 0.151. The Bertz CT molecular complexity index is 406. The first-order chi connectivity index (χ1) is 7.74. The van der Waals surface area contributed by atoms with Gasteiger partial charge in [-0.2, -0.15) is 0 Å². The molecule has 0 unspecified atom stereocenters. The molecule has 0 radical (unpaired) electrons. The van der Waals surface area contributed by atoms with Crippen molar-refractivity contribution in [2.75, 3.05) is 30.8 Å². The minimum atomic E-state index is 0.151. The molecule has 4 heteroatoms. The zero-order valence-corrected chi connectivity index (χ0v) is 10.4. The molecule has 0 saturated carbocycles. The molecular formula is C12H16N2OS. The number of amides is 1. The van der Waals surface area contributed by atoms with Crippen LogP contribution in [0.5, 0.6) is 0 Å². The summed E-state index contributed by atoms with van der Waals surface area (Å²) in [4.78, 5) is 15.1. The summed E-state index contributed by atoms with van der Waals surface area (Å²) < 4.78 is 0. The van der Waals surface area contributed by atoms with E-state index >= 15 is 0 Å². The summed E-state index contributed by atoms with van der Waals surface area (Å²) in [6.07, 6.45) is 0. The number of rotatable bonds is 2. The highest BCUT2D eigenvalue weighted by molar-refractivity contribution is 7.99. The van der Waals surface area contributed by atoms with E-state index in [4.69, 9.17) is 0 Å². The highest BCUT2D eigenvalue weighted by Gasteiger charge is 2.23. The topological polar surface area (TPSA) is 32.3 Å². The highest BCUT2D eigenvalue weighted by Crippen LogP contribution is 2.36. The number of carbonyl (C=O) groups is 1. The average molecular weight is 236 g/mol. The summed E-state index contributed by atoms with van der Waals surface area (Å²) in [6, 6.07) is 6.20. The lowest BCUT2D eigenvalue weighted by Crippen LogP contribution is -2.40. The predicted molar refractivity (Wildman–Crippen MR) is 68.2 cm³/mol. The van der Waals surface area contributed by atoms with Crippen molar-refractivity contribution in [2.45, 2.75) is 11.8 Å². The number of para-hydroxylation sites is 1. The molecule has 1 heterocycles. The van der Waals surface area contributed by atoms with Crippen molar-refractivity contribution in [2.24, 2.45) is 0 Å². The SMILES string of the molecule is CNCC(=O)N1CCSc2cccc(C)c21. The molecular weight excluding hydrogens is 220 g/mol. The Balaban J connectivity index is 2.35. The molecule has 0 fully saturated rings. The lowest BCUT2D eigenvalue weighted by Gasteiger charge is -2.30. The van der Waals surface area contributed by atoms with Gasteiger partial charge in [0.1, 0.15) is 0 Å². The van der Waals surface area contributed by atoms with Gasteiger partial charge in [0.15, 0.2) is 0 Å². The number of anilines is 1. The van der Waals surface area contributed by atoms with Crippen LogP contribution < -0.4 is 10.2 Å². The molecule has 0 bridgehead atoms. The number of nitrogens with one attached hydrogen (secondary N) is 1. The number of hydrogen-bond acceptors (Lipinski definition) is 3. The van der Waals surface area contributed by atoms with E-state index in [1.807, 2.05) is 22.7 Å². The quantitative estimate of drug-likeness (QED) is 0.847. The molecule has 0 spiro atoms. The molecule has 1 N–H and O–H groups in total. The van der Waals surface area contributed by atoms with Crippen LogP contribution in [0.15, 0.2) is 23.1 Å². The van der Waals surface area contributed by atoms with Gasteiger partial charge in [-0.25, -0.2) is 0 Å². The van der Waals surface area contributed by atoms with Crippen molar-refractivity contribution in [1.29, 1.82) is 0 Å². The Morgan fingerprint density at radius 1 is 1.56 bits per heavy atom. The third kappa shape index (κ3) is 2.08. The van der Waals surface area contributed by atoms with Crippen LogP contribution in [0.3, 0.4) is 0 Å². The van der Waals surface area contributed by atoms with Gasteiger partial charge in [-0.3, -0.25) is 4.79 Å². The van der Waals surface area contributed by atoms with Crippen molar-refractivity contribution in [3.8, 4) is 0 Å². The first kappa shape index (κ1) is 11.5.